The van der Waals surface area contributed by atoms with Crippen LogP contribution in [-0.4, -0.2) is 23.0 Å². The summed E-state index contributed by atoms with van der Waals surface area (Å²) in [6, 6.07) is 13.9. The lowest BCUT2D eigenvalue weighted by atomic mass is 10.1. The molecule has 2 amide bonds. The Labute approximate surface area is 120 Å². The second kappa shape index (κ2) is 5.54. The van der Waals surface area contributed by atoms with E-state index >= 15 is 0 Å². The molecule has 2 aromatic rings. The van der Waals surface area contributed by atoms with E-state index in [2.05, 4.69) is 5.32 Å². The van der Waals surface area contributed by atoms with Gasteiger partial charge in [-0.3, -0.25) is 14.9 Å². The van der Waals surface area contributed by atoms with Gasteiger partial charge < -0.3 is 4.74 Å². The average Bonchev–Trinajstić information content (AvgIpc) is 2.77. The van der Waals surface area contributed by atoms with Gasteiger partial charge in [-0.15, -0.1) is 0 Å². The normalized spacial score (nSPS) is 18.3. The quantitative estimate of drug-likeness (QED) is 0.939. The van der Waals surface area contributed by atoms with Crippen LogP contribution in [0.2, 0.25) is 0 Å². The summed E-state index contributed by atoms with van der Waals surface area (Å²) in [6.45, 7) is 0.409. The van der Waals surface area contributed by atoms with Gasteiger partial charge in [0.2, 0.25) is 5.91 Å². The molecule has 1 saturated heterocycles. The molecule has 1 atom stereocenters. The highest BCUT2D eigenvalue weighted by atomic mass is 32.2. The van der Waals surface area contributed by atoms with Crippen LogP contribution in [0.3, 0.4) is 0 Å². The first-order chi connectivity index (χ1) is 9.74. The molecule has 5 heteroatoms. The van der Waals surface area contributed by atoms with Crippen molar-refractivity contribution >= 4 is 33.7 Å². The Balaban J connectivity index is 1.66. The Morgan fingerprint density at radius 3 is 2.70 bits per heavy atom. The van der Waals surface area contributed by atoms with E-state index in [-0.39, 0.29) is 16.4 Å². The second-order valence-corrected chi connectivity index (χ2v) is 5.67. The molecular formula is C15H13NO3S. The number of carbonyl (C=O) groups is 2. The maximum Gasteiger partial charge on any atom is 0.286 e. The molecular weight excluding hydrogens is 274 g/mol. The lowest BCUT2D eigenvalue weighted by Crippen LogP contribution is -2.25. The number of benzene rings is 2. The molecule has 1 aliphatic heterocycles. The Morgan fingerprint density at radius 2 is 1.90 bits per heavy atom. The Hall–Kier alpha value is -2.01. The van der Waals surface area contributed by atoms with Gasteiger partial charge in [0.1, 0.15) is 5.75 Å². The van der Waals surface area contributed by atoms with Gasteiger partial charge in [-0.25, -0.2) is 0 Å². The van der Waals surface area contributed by atoms with Crippen molar-refractivity contribution in [2.75, 3.05) is 6.61 Å². The first kappa shape index (κ1) is 13.0. The smallest absolute Gasteiger partial charge is 0.286 e. The summed E-state index contributed by atoms with van der Waals surface area (Å²) in [6.07, 6.45) is 0.519. The van der Waals surface area contributed by atoms with Crippen molar-refractivity contribution < 1.29 is 14.3 Å². The molecule has 0 radical (unpaired) electrons. The number of ether oxygens (including phenoxy) is 1. The molecule has 102 valence electrons. The van der Waals surface area contributed by atoms with Crippen LogP contribution in [0, 0.1) is 0 Å². The zero-order valence-electron chi connectivity index (χ0n) is 10.7. The van der Waals surface area contributed by atoms with E-state index in [1.807, 2.05) is 42.5 Å². The molecule has 0 aromatic heterocycles. The van der Waals surface area contributed by atoms with Crippen molar-refractivity contribution in [3.05, 3.63) is 42.5 Å². The van der Waals surface area contributed by atoms with Gasteiger partial charge >= 0.3 is 0 Å². The van der Waals surface area contributed by atoms with E-state index in [4.69, 9.17) is 4.74 Å². The minimum absolute atomic E-state index is 0.221. The summed E-state index contributed by atoms with van der Waals surface area (Å²) >= 11 is 1.03. The molecule has 1 unspecified atom stereocenters. The zero-order chi connectivity index (χ0) is 13.9. The average molecular weight is 287 g/mol. The van der Waals surface area contributed by atoms with Crippen molar-refractivity contribution in [3.63, 3.8) is 0 Å². The molecule has 1 heterocycles. The number of hydrogen-bond acceptors (Lipinski definition) is 4. The van der Waals surface area contributed by atoms with E-state index < -0.39 is 0 Å². The fourth-order valence-corrected chi connectivity index (χ4v) is 2.98. The lowest BCUT2D eigenvalue weighted by Gasteiger charge is -2.10. The third-order valence-corrected chi connectivity index (χ3v) is 4.20. The van der Waals surface area contributed by atoms with Gasteiger partial charge in [-0.2, -0.15) is 0 Å². The Kier molecular flexibility index (Phi) is 3.60. The van der Waals surface area contributed by atoms with Crippen molar-refractivity contribution in [2.45, 2.75) is 11.7 Å². The number of nitrogens with one attached hydrogen (secondary N) is 1. The van der Waals surface area contributed by atoms with Crippen LogP contribution in [0.1, 0.15) is 6.42 Å². The number of fused-ring (bicyclic) bond motifs is 1. The third kappa shape index (κ3) is 2.63. The summed E-state index contributed by atoms with van der Waals surface area (Å²) in [4.78, 5) is 22.5. The fourth-order valence-electron chi connectivity index (χ4n) is 2.18. The molecule has 0 spiro atoms. The molecule has 4 nitrogen and oxygen atoms in total. The molecule has 1 fully saturated rings. The summed E-state index contributed by atoms with van der Waals surface area (Å²) in [5.41, 5.74) is 0. The maximum atomic E-state index is 11.4. The molecule has 2 aromatic carbocycles. The maximum absolute atomic E-state index is 11.4. The predicted octanol–water partition coefficient (Wildman–Crippen LogP) is 2.96. The lowest BCUT2D eigenvalue weighted by molar-refractivity contribution is -0.119. The Bertz CT molecular complexity index is 666. The highest BCUT2D eigenvalue weighted by molar-refractivity contribution is 8.15. The Morgan fingerprint density at radius 1 is 1.10 bits per heavy atom. The van der Waals surface area contributed by atoms with Crippen molar-refractivity contribution in [2.24, 2.45) is 0 Å². The fraction of sp³-hybridized carbons (Fsp3) is 0.200. The number of amides is 2. The van der Waals surface area contributed by atoms with E-state index in [1.54, 1.807) is 0 Å². The first-order valence-electron chi connectivity index (χ1n) is 6.36. The first-order valence-corrected chi connectivity index (χ1v) is 7.24. The van der Waals surface area contributed by atoms with Crippen LogP contribution in [0.25, 0.3) is 10.8 Å². The zero-order valence-corrected chi connectivity index (χ0v) is 11.5. The van der Waals surface area contributed by atoms with Crippen LogP contribution in [0.5, 0.6) is 5.75 Å². The van der Waals surface area contributed by atoms with E-state index in [0.29, 0.717) is 13.0 Å². The highest BCUT2D eigenvalue weighted by Crippen LogP contribution is 2.26. The summed E-state index contributed by atoms with van der Waals surface area (Å²) < 4.78 is 5.76. The minimum atomic E-state index is -0.336. The molecule has 20 heavy (non-hydrogen) atoms. The SMILES string of the molecule is O=C1NC(=O)C(CCOc2cccc3ccccc23)S1. The van der Waals surface area contributed by atoms with Crippen LogP contribution in [-0.2, 0) is 4.79 Å². The van der Waals surface area contributed by atoms with Gasteiger partial charge in [0.15, 0.2) is 0 Å². The number of rotatable bonds is 4. The monoisotopic (exact) mass is 287 g/mol. The van der Waals surface area contributed by atoms with Crippen LogP contribution in [0.15, 0.2) is 42.5 Å². The molecule has 3 rings (SSSR count). The van der Waals surface area contributed by atoms with Crippen LogP contribution < -0.4 is 10.1 Å². The topological polar surface area (TPSA) is 55.4 Å². The van der Waals surface area contributed by atoms with Gasteiger partial charge in [0, 0.05) is 11.8 Å². The third-order valence-electron chi connectivity index (χ3n) is 3.15. The minimum Gasteiger partial charge on any atom is -0.493 e. The van der Waals surface area contributed by atoms with Gasteiger partial charge in [0.05, 0.1) is 11.9 Å². The molecule has 1 N–H and O–H groups in total. The number of hydrogen-bond donors (Lipinski definition) is 1. The summed E-state index contributed by atoms with van der Waals surface area (Å²) in [5, 5.41) is 3.84. The summed E-state index contributed by atoms with van der Waals surface area (Å²) in [7, 11) is 0. The van der Waals surface area contributed by atoms with E-state index in [0.717, 1.165) is 28.3 Å². The highest BCUT2D eigenvalue weighted by Gasteiger charge is 2.31. The van der Waals surface area contributed by atoms with Crippen molar-refractivity contribution in [1.82, 2.24) is 5.32 Å². The van der Waals surface area contributed by atoms with Gasteiger partial charge in [-0.1, -0.05) is 48.2 Å². The van der Waals surface area contributed by atoms with Gasteiger partial charge in [0.25, 0.3) is 5.24 Å². The van der Waals surface area contributed by atoms with Crippen molar-refractivity contribution in [3.8, 4) is 5.75 Å². The second-order valence-electron chi connectivity index (χ2n) is 4.50. The van der Waals surface area contributed by atoms with E-state index in [9.17, 15) is 9.59 Å². The van der Waals surface area contributed by atoms with Crippen LogP contribution >= 0.6 is 11.8 Å². The van der Waals surface area contributed by atoms with Gasteiger partial charge in [-0.05, 0) is 11.5 Å². The van der Waals surface area contributed by atoms with Crippen molar-refractivity contribution in [1.29, 1.82) is 0 Å². The number of imide groups is 1. The number of thioether (sulfide) groups is 1. The largest absolute Gasteiger partial charge is 0.493 e. The standard InChI is InChI=1S/C15H13NO3S/c17-14-13(20-15(18)16-14)8-9-19-12-7-3-5-10-4-1-2-6-11(10)12/h1-7,13H,8-9H2,(H,16,17,18). The molecule has 1 aliphatic rings. The molecule has 0 bridgehead atoms. The summed E-state index contributed by atoms with van der Waals surface area (Å²) in [5.74, 6) is 0.583. The predicted molar refractivity (Wildman–Crippen MR) is 79.0 cm³/mol. The number of carbonyl (C=O) groups excluding carboxylic acids is 2. The molecule has 0 aliphatic carbocycles. The van der Waals surface area contributed by atoms with E-state index in [1.165, 1.54) is 0 Å². The molecule has 0 saturated carbocycles. The van der Waals surface area contributed by atoms with Crippen LogP contribution in [0.4, 0.5) is 4.79 Å².